The number of carbonyl (C=O) groups excluding carboxylic acids is 1. The highest BCUT2D eigenvalue weighted by atomic mass is 16.5. The van der Waals surface area contributed by atoms with E-state index < -0.39 is 0 Å². The van der Waals surface area contributed by atoms with E-state index in [-0.39, 0.29) is 16.9 Å². The van der Waals surface area contributed by atoms with Gasteiger partial charge < -0.3 is 5.21 Å². The molecule has 1 aliphatic heterocycles. The Labute approximate surface area is 130 Å². The van der Waals surface area contributed by atoms with Crippen LogP contribution in [0.25, 0.3) is 0 Å². The van der Waals surface area contributed by atoms with Crippen molar-refractivity contribution in [3.63, 3.8) is 0 Å². The standard InChI is InChI=1S/C19H19NO2/c1-12-5-10-15-16(11-12)20(22)17(18(15)21)13-6-8-14(9-7-13)19(2,3)4/h5-11H,1-4H3. The molecule has 0 fully saturated rings. The molecule has 0 aliphatic carbocycles. The monoisotopic (exact) mass is 293 g/mol. The Morgan fingerprint density at radius 1 is 1.00 bits per heavy atom. The van der Waals surface area contributed by atoms with Gasteiger partial charge in [0.1, 0.15) is 5.56 Å². The van der Waals surface area contributed by atoms with E-state index in [2.05, 4.69) is 20.8 Å². The molecular formula is C19H19NO2. The van der Waals surface area contributed by atoms with Crippen LogP contribution in [0.4, 0.5) is 5.69 Å². The average molecular weight is 293 g/mol. The second-order valence-electron chi connectivity index (χ2n) is 6.82. The van der Waals surface area contributed by atoms with Crippen LogP contribution in [0.5, 0.6) is 0 Å². The lowest BCUT2D eigenvalue weighted by Crippen LogP contribution is -2.17. The summed E-state index contributed by atoms with van der Waals surface area (Å²) in [4.78, 5) is 12.5. The van der Waals surface area contributed by atoms with E-state index in [1.165, 1.54) is 5.56 Å². The number of benzene rings is 2. The van der Waals surface area contributed by atoms with Crippen molar-refractivity contribution in [2.45, 2.75) is 33.1 Å². The summed E-state index contributed by atoms with van der Waals surface area (Å²) in [6.45, 7) is 8.31. The van der Waals surface area contributed by atoms with E-state index in [1.807, 2.05) is 37.3 Å². The zero-order valence-electron chi connectivity index (χ0n) is 13.3. The van der Waals surface area contributed by atoms with Crippen LogP contribution in [0.15, 0.2) is 42.5 Å². The lowest BCUT2D eigenvalue weighted by atomic mass is 9.86. The molecule has 0 saturated carbocycles. The second-order valence-corrected chi connectivity index (χ2v) is 6.82. The Kier molecular flexibility index (Phi) is 3.17. The van der Waals surface area contributed by atoms with Gasteiger partial charge >= 0.3 is 0 Å². The number of nitrogens with zero attached hydrogens (tertiary/aromatic N) is 1. The van der Waals surface area contributed by atoms with Crippen LogP contribution in [0.3, 0.4) is 0 Å². The molecule has 0 unspecified atom stereocenters. The lowest BCUT2D eigenvalue weighted by molar-refractivity contribution is -0.355. The molecular weight excluding hydrogens is 274 g/mol. The number of hydrogen-bond acceptors (Lipinski definition) is 2. The maximum atomic E-state index is 12.5. The van der Waals surface area contributed by atoms with Crippen molar-refractivity contribution in [1.29, 1.82) is 0 Å². The first-order valence-corrected chi connectivity index (χ1v) is 7.39. The predicted molar refractivity (Wildman–Crippen MR) is 88.0 cm³/mol. The summed E-state index contributed by atoms with van der Waals surface area (Å²) in [5, 5.41) is 12.5. The average Bonchev–Trinajstić information content (AvgIpc) is 2.70. The first-order chi connectivity index (χ1) is 10.3. The number of rotatable bonds is 1. The van der Waals surface area contributed by atoms with Crippen LogP contribution in [0.1, 0.15) is 47.8 Å². The third-order valence-corrected chi connectivity index (χ3v) is 4.06. The van der Waals surface area contributed by atoms with Gasteiger partial charge in [-0.3, -0.25) is 4.79 Å². The number of Topliss-reactive ketones (excluding diaryl/α,β-unsaturated/α-hetero) is 1. The van der Waals surface area contributed by atoms with Gasteiger partial charge in [0.15, 0.2) is 0 Å². The Hall–Kier alpha value is -2.42. The smallest absolute Gasteiger partial charge is 0.272 e. The SMILES string of the molecule is Cc1ccc2c(c1)[N+]([O-])=C(c1ccc(C(C)(C)C)cc1)C2=O. The fraction of sp³-hybridized carbons (Fsp3) is 0.263. The third-order valence-electron chi connectivity index (χ3n) is 4.06. The quantitative estimate of drug-likeness (QED) is 0.586. The Bertz CT molecular complexity index is 793. The summed E-state index contributed by atoms with van der Waals surface area (Å²) in [5.41, 5.74) is 3.99. The summed E-state index contributed by atoms with van der Waals surface area (Å²) in [6, 6.07) is 13.0. The van der Waals surface area contributed by atoms with Gasteiger partial charge in [-0.1, -0.05) is 39.0 Å². The molecule has 0 spiro atoms. The summed E-state index contributed by atoms with van der Waals surface area (Å²) in [6.07, 6.45) is 0. The molecule has 2 aromatic rings. The van der Waals surface area contributed by atoms with Gasteiger partial charge in [0.05, 0.1) is 5.56 Å². The number of carbonyl (C=O) groups is 1. The number of hydrogen-bond donors (Lipinski definition) is 0. The van der Waals surface area contributed by atoms with Crippen molar-refractivity contribution in [3.05, 3.63) is 69.9 Å². The zero-order chi connectivity index (χ0) is 16.1. The molecule has 3 rings (SSSR count). The Balaban J connectivity index is 2.08. The van der Waals surface area contributed by atoms with Crippen molar-refractivity contribution in [3.8, 4) is 0 Å². The Morgan fingerprint density at radius 3 is 2.23 bits per heavy atom. The molecule has 0 saturated heterocycles. The van der Waals surface area contributed by atoms with E-state index in [9.17, 15) is 10.0 Å². The van der Waals surface area contributed by atoms with Crippen molar-refractivity contribution in [2.75, 3.05) is 0 Å². The summed E-state index contributed by atoms with van der Waals surface area (Å²) >= 11 is 0. The van der Waals surface area contributed by atoms with Gasteiger partial charge in [-0.05, 0) is 41.7 Å². The Morgan fingerprint density at radius 2 is 1.64 bits per heavy atom. The topological polar surface area (TPSA) is 43.1 Å². The van der Waals surface area contributed by atoms with Crippen LogP contribution >= 0.6 is 0 Å². The minimum atomic E-state index is -0.200. The highest BCUT2D eigenvalue weighted by Gasteiger charge is 2.36. The normalized spacial score (nSPS) is 14.5. The fourth-order valence-corrected chi connectivity index (χ4v) is 2.72. The van der Waals surface area contributed by atoms with E-state index in [1.54, 1.807) is 12.1 Å². The molecule has 0 radical (unpaired) electrons. The molecule has 2 aromatic carbocycles. The molecule has 112 valence electrons. The maximum absolute atomic E-state index is 12.5. The van der Waals surface area contributed by atoms with Gasteiger partial charge in [-0.25, -0.2) is 0 Å². The van der Waals surface area contributed by atoms with Gasteiger partial charge in [0, 0.05) is 6.07 Å². The fourth-order valence-electron chi connectivity index (χ4n) is 2.72. The maximum Gasteiger partial charge on any atom is 0.272 e. The minimum Gasteiger partial charge on any atom is -0.618 e. The predicted octanol–water partition coefficient (Wildman–Crippen LogP) is 4.12. The number of ketones is 1. The van der Waals surface area contributed by atoms with Crippen LogP contribution in [0.2, 0.25) is 0 Å². The summed E-state index contributed by atoms with van der Waals surface area (Å²) in [7, 11) is 0. The molecule has 0 N–H and O–H groups in total. The molecule has 3 heteroatoms. The van der Waals surface area contributed by atoms with Crippen LogP contribution < -0.4 is 0 Å². The molecule has 3 nitrogen and oxygen atoms in total. The molecule has 0 amide bonds. The highest BCUT2D eigenvalue weighted by Crippen LogP contribution is 2.30. The molecule has 0 atom stereocenters. The summed E-state index contributed by atoms with van der Waals surface area (Å²) < 4.78 is 0.761. The van der Waals surface area contributed by atoms with Crippen molar-refractivity contribution in [2.24, 2.45) is 0 Å². The van der Waals surface area contributed by atoms with Gasteiger partial charge in [-0.2, -0.15) is 4.74 Å². The van der Waals surface area contributed by atoms with Gasteiger partial charge in [0.2, 0.25) is 5.69 Å². The molecule has 1 aliphatic rings. The summed E-state index contributed by atoms with van der Waals surface area (Å²) in [5.74, 6) is -0.200. The van der Waals surface area contributed by atoms with E-state index >= 15 is 0 Å². The van der Waals surface area contributed by atoms with Gasteiger partial charge in [0.25, 0.3) is 11.5 Å². The number of aryl methyl sites for hydroxylation is 1. The van der Waals surface area contributed by atoms with E-state index in [4.69, 9.17) is 0 Å². The molecule has 22 heavy (non-hydrogen) atoms. The highest BCUT2D eigenvalue weighted by molar-refractivity contribution is 6.52. The lowest BCUT2D eigenvalue weighted by Gasteiger charge is -2.18. The molecule has 0 aromatic heterocycles. The van der Waals surface area contributed by atoms with E-state index in [0.717, 1.165) is 10.3 Å². The second kappa shape index (κ2) is 4.80. The van der Waals surface area contributed by atoms with E-state index in [0.29, 0.717) is 16.8 Å². The number of fused-ring (bicyclic) bond motifs is 1. The van der Waals surface area contributed by atoms with Crippen LogP contribution in [-0.4, -0.2) is 16.2 Å². The first-order valence-electron chi connectivity index (χ1n) is 7.39. The van der Waals surface area contributed by atoms with Gasteiger partial charge in [-0.15, -0.1) is 0 Å². The zero-order valence-corrected chi connectivity index (χ0v) is 13.3. The first kappa shape index (κ1) is 14.5. The van der Waals surface area contributed by atoms with Crippen molar-refractivity contribution < 1.29 is 9.53 Å². The third kappa shape index (κ3) is 2.23. The van der Waals surface area contributed by atoms with Crippen molar-refractivity contribution in [1.82, 2.24) is 0 Å². The molecule has 0 bridgehead atoms. The largest absolute Gasteiger partial charge is 0.618 e. The van der Waals surface area contributed by atoms with Crippen molar-refractivity contribution >= 4 is 17.2 Å². The minimum absolute atomic E-state index is 0.0418. The van der Waals surface area contributed by atoms with Crippen LogP contribution in [0, 0.1) is 12.1 Å². The van der Waals surface area contributed by atoms with Crippen LogP contribution in [-0.2, 0) is 5.41 Å². The molecule has 1 heterocycles.